The average Bonchev–Trinajstić information content (AvgIpc) is 3.16. The zero-order valence-corrected chi connectivity index (χ0v) is 18.3. The maximum atomic E-state index is 12.7. The van der Waals surface area contributed by atoms with E-state index in [-0.39, 0.29) is 5.56 Å². The van der Waals surface area contributed by atoms with E-state index < -0.39 is 11.5 Å². The monoisotopic (exact) mass is 434 g/mol. The summed E-state index contributed by atoms with van der Waals surface area (Å²) in [7, 11) is 1.98. The molecule has 0 bridgehead atoms. The number of nitrogens with zero attached hydrogens (tertiary/aromatic N) is 2. The summed E-state index contributed by atoms with van der Waals surface area (Å²) in [4.78, 5) is 32.8. The van der Waals surface area contributed by atoms with Crippen LogP contribution in [0, 0.1) is 6.92 Å². The average molecular weight is 434 g/mol. The molecule has 0 aliphatic rings. The molecule has 0 aliphatic carbocycles. The van der Waals surface area contributed by atoms with E-state index in [4.69, 9.17) is 4.98 Å². The summed E-state index contributed by atoms with van der Waals surface area (Å²) in [5.41, 5.74) is 5.82. The maximum absolute atomic E-state index is 12.7. The molecule has 0 atom stereocenters. The third-order valence-electron chi connectivity index (χ3n) is 5.67. The number of imidazole rings is 1. The van der Waals surface area contributed by atoms with Gasteiger partial charge in [0.25, 0.3) is 11.5 Å². The Morgan fingerprint density at radius 2 is 1.70 bits per heavy atom. The summed E-state index contributed by atoms with van der Waals surface area (Å²) in [5.74, 6) is 0.389. The number of aromatic amines is 1. The Bertz CT molecular complexity index is 1550. The van der Waals surface area contributed by atoms with Crippen molar-refractivity contribution in [1.82, 2.24) is 14.5 Å². The van der Waals surface area contributed by atoms with Crippen molar-refractivity contribution in [2.24, 2.45) is 7.05 Å². The second kappa shape index (κ2) is 8.24. The third-order valence-corrected chi connectivity index (χ3v) is 5.67. The minimum Gasteiger partial charge on any atom is -0.327 e. The topological polar surface area (TPSA) is 79.8 Å². The van der Waals surface area contributed by atoms with Gasteiger partial charge in [0.15, 0.2) is 0 Å². The lowest BCUT2D eigenvalue weighted by Gasteiger charge is -2.08. The zero-order valence-electron chi connectivity index (χ0n) is 18.3. The van der Waals surface area contributed by atoms with Crippen molar-refractivity contribution in [2.45, 2.75) is 6.92 Å². The number of anilines is 1. The number of hydrogen-bond donors (Lipinski definition) is 2. The fourth-order valence-corrected chi connectivity index (χ4v) is 3.94. The first kappa shape index (κ1) is 20.5. The normalized spacial score (nSPS) is 11.0. The second-order valence-electron chi connectivity index (χ2n) is 8.00. The number of aryl methyl sites for hydroxylation is 2. The first-order valence-corrected chi connectivity index (χ1v) is 10.6. The van der Waals surface area contributed by atoms with Gasteiger partial charge in [0, 0.05) is 24.0 Å². The van der Waals surface area contributed by atoms with Crippen LogP contribution in [0.2, 0.25) is 0 Å². The van der Waals surface area contributed by atoms with Gasteiger partial charge in [-0.05, 0) is 67.1 Å². The molecule has 0 aliphatic heterocycles. The second-order valence-corrected chi connectivity index (χ2v) is 8.00. The quantitative estimate of drug-likeness (QED) is 0.410. The first-order valence-electron chi connectivity index (χ1n) is 10.6. The number of benzene rings is 3. The Labute approximate surface area is 190 Å². The van der Waals surface area contributed by atoms with Crippen LogP contribution in [0.5, 0.6) is 0 Å². The number of hydrogen-bond acceptors (Lipinski definition) is 3. The molecule has 33 heavy (non-hydrogen) atoms. The van der Waals surface area contributed by atoms with Crippen molar-refractivity contribution in [3.05, 3.63) is 106 Å². The predicted molar refractivity (Wildman–Crippen MR) is 131 cm³/mol. The fraction of sp³-hybridized carbons (Fsp3) is 0.0741. The van der Waals surface area contributed by atoms with E-state index in [9.17, 15) is 9.59 Å². The highest BCUT2D eigenvalue weighted by atomic mass is 16.2. The van der Waals surface area contributed by atoms with E-state index in [1.54, 1.807) is 12.1 Å². The van der Waals surface area contributed by atoms with Crippen LogP contribution in [0.4, 0.5) is 5.69 Å². The van der Waals surface area contributed by atoms with Crippen LogP contribution in [0.1, 0.15) is 15.9 Å². The van der Waals surface area contributed by atoms with Crippen LogP contribution in [0.3, 0.4) is 0 Å². The van der Waals surface area contributed by atoms with Crippen molar-refractivity contribution in [1.29, 1.82) is 0 Å². The molecule has 0 saturated carbocycles. The largest absolute Gasteiger partial charge is 0.327 e. The van der Waals surface area contributed by atoms with E-state index in [2.05, 4.69) is 10.3 Å². The van der Waals surface area contributed by atoms with Crippen LogP contribution in [0.25, 0.3) is 33.7 Å². The molecule has 2 heterocycles. The summed E-state index contributed by atoms with van der Waals surface area (Å²) in [5, 5.41) is 2.80. The van der Waals surface area contributed by atoms with Gasteiger partial charge in [-0.25, -0.2) is 4.98 Å². The molecule has 0 radical (unpaired) electrons. The van der Waals surface area contributed by atoms with Gasteiger partial charge in [0.2, 0.25) is 0 Å². The molecule has 3 aromatic carbocycles. The summed E-state index contributed by atoms with van der Waals surface area (Å²) < 4.78 is 2.04. The van der Waals surface area contributed by atoms with E-state index in [1.165, 1.54) is 0 Å². The Morgan fingerprint density at radius 1 is 0.909 bits per heavy atom. The lowest BCUT2D eigenvalue weighted by Crippen LogP contribution is -2.23. The highest BCUT2D eigenvalue weighted by Gasteiger charge is 2.13. The Hall–Kier alpha value is -4.45. The summed E-state index contributed by atoms with van der Waals surface area (Å²) >= 11 is 0. The number of pyridine rings is 1. The molecular formula is C27H22N4O2. The summed E-state index contributed by atoms with van der Waals surface area (Å²) in [6.45, 7) is 1.99. The first-order chi connectivity index (χ1) is 16.0. The van der Waals surface area contributed by atoms with Gasteiger partial charge in [-0.1, -0.05) is 35.9 Å². The van der Waals surface area contributed by atoms with Gasteiger partial charge in [-0.15, -0.1) is 0 Å². The number of fused-ring (bicyclic) bond motifs is 1. The molecule has 1 amide bonds. The molecule has 0 fully saturated rings. The van der Waals surface area contributed by atoms with Crippen LogP contribution in [-0.2, 0) is 7.05 Å². The van der Waals surface area contributed by atoms with Gasteiger partial charge in [0.1, 0.15) is 11.4 Å². The van der Waals surface area contributed by atoms with E-state index in [0.717, 1.165) is 33.5 Å². The van der Waals surface area contributed by atoms with Crippen LogP contribution in [-0.4, -0.2) is 20.4 Å². The number of para-hydroxylation sites is 2. The number of H-pyrrole nitrogens is 1. The number of nitrogens with one attached hydrogen (secondary N) is 2. The molecular weight excluding hydrogens is 412 g/mol. The van der Waals surface area contributed by atoms with Gasteiger partial charge < -0.3 is 14.9 Å². The third kappa shape index (κ3) is 3.94. The van der Waals surface area contributed by atoms with Gasteiger partial charge >= 0.3 is 0 Å². The number of rotatable bonds is 4. The van der Waals surface area contributed by atoms with Crippen molar-refractivity contribution in [3.8, 4) is 22.6 Å². The van der Waals surface area contributed by atoms with E-state index in [0.29, 0.717) is 11.4 Å². The van der Waals surface area contributed by atoms with Gasteiger partial charge in [0.05, 0.1) is 11.0 Å². The standard InChI is InChI=1S/C27H22N4O2/c1-17-6-5-7-19(16-17)22-15-14-21(27(33)30-22)26(32)28-20-12-10-18(11-13-20)25-29-23-8-3-4-9-24(23)31(25)2/h3-16H,1-2H3,(H,28,32)(H,30,33). The van der Waals surface area contributed by atoms with Gasteiger partial charge in [-0.3, -0.25) is 9.59 Å². The fourth-order valence-electron chi connectivity index (χ4n) is 3.94. The zero-order chi connectivity index (χ0) is 22.9. The van der Waals surface area contributed by atoms with Crippen LogP contribution >= 0.6 is 0 Å². The number of carbonyl (C=O) groups is 1. The van der Waals surface area contributed by atoms with Crippen LogP contribution < -0.4 is 10.9 Å². The Morgan fingerprint density at radius 3 is 2.42 bits per heavy atom. The molecule has 6 nitrogen and oxygen atoms in total. The highest BCUT2D eigenvalue weighted by Crippen LogP contribution is 2.25. The molecule has 2 aromatic heterocycles. The lowest BCUT2D eigenvalue weighted by molar-refractivity contribution is 0.102. The SMILES string of the molecule is Cc1cccc(-c2ccc(C(=O)Nc3ccc(-c4nc5ccccc5n4C)cc3)c(=O)[nH]2)c1. The minimum atomic E-state index is -0.456. The molecule has 0 spiro atoms. The summed E-state index contributed by atoms with van der Waals surface area (Å²) in [6.07, 6.45) is 0. The molecule has 5 rings (SSSR count). The molecule has 0 saturated heterocycles. The maximum Gasteiger partial charge on any atom is 0.261 e. The summed E-state index contributed by atoms with van der Waals surface area (Å²) in [6, 6.07) is 26.5. The molecule has 162 valence electrons. The predicted octanol–water partition coefficient (Wildman–Crippen LogP) is 5.16. The number of aromatic nitrogens is 3. The Kier molecular flexibility index (Phi) is 5.11. The Balaban J connectivity index is 1.36. The van der Waals surface area contributed by atoms with Crippen molar-refractivity contribution >= 4 is 22.6 Å². The smallest absolute Gasteiger partial charge is 0.261 e. The number of carbonyl (C=O) groups excluding carboxylic acids is 1. The molecule has 6 heteroatoms. The van der Waals surface area contributed by atoms with Crippen LogP contribution in [0.15, 0.2) is 89.7 Å². The minimum absolute atomic E-state index is 0.0610. The highest BCUT2D eigenvalue weighted by molar-refractivity contribution is 6.04. The lowest BCUT2D eigenvalue weighted by atomic mass is 10.1. The van der Waals surface area contributed by atoms with Crippen molar-refractivity contribution in [3.63, 3.8) is 0 Å². The van der Waals surface area contributed by atoms with Gasteiger partial charge in [-0.2, -0.15) is 0 Å². The van der Waals surface area contributed by atoms with E-state index in [1.807, 2.05) is 91.3 Å². The van der Waals surface area contributed by atoms with Crippen molar-refractivity contribution < 1.29 is 4.79 Å². The van der Waals surface area contributed by atoms with Crippen molar-refractivity contribution in [2.75, 3.05) is 5.32 Å². The molecule has 5 aromatic rings. The van der Waals surface area contributed by atoms with E-state index >= 15 is 0 Å². The molecule has 2 N–H and O–H groups in total. The molecule has 0 unspecified atom stereocenters. The number of amides is 1.